The van der Waals surface area contributed by atoms with E-state index in [1.54, 1.807) is 12.1 Å². The molecule has 1 heterocycles. The topological polar surface area (TPSA) is 76.1 Å². The maximum absolute atomic E-state index is 12.4. The number of pyridine rings is 1. The Balaban J connectivity index is 2.13. The largest absolute Gasteiger partial charge is 0.348 e. The molecule has 0 bridgehead atoms. The second kappa shape index (κ2) is 6.70. The van der Waals surface area contributed by atoms with E-state index in [1.807, 2.05) is 37.3 Å². The van der Waals surface area contributed by atoms with E-state index in [0.717, 1.165) is 5.56 Å². The van der Waals surface area contributed by atoms with Gasteiger partial charge in [0.15, 0.2) is 5.03 Å². The first-order valence-corrected chi connectivity index (χ1v) is 8.48. The van der Waals surface area contributed by atoms with Crippen LogP contribution in [-0.4, -0.2) is 24.6 Å². The Morgan fingerprint density at radius 3 is 2.27 bits per heavy atom. The molecule has 1 aromatic carbocycles. The summed E-state index contributed by atoms with van der Waals surface area (Å²) in [6.45, 7) is 3.18. The molecule has 2 atom stereocenters. The third-order valence-electron chi connectivity index (χ3n) is 3.42. The molecule has 1 N–H and O–H groups in total. The second-order valence-corrected chi connectivity index (χ2v) is 7.21. The number of aromatic nitrogens is 1. The molecule has 5 nitrogen and oxygen atoms in total. The number of sulfone groups is 1. The first-order valence-electron chi connectivity index (χ1n) is 6.93. The maximum Gasteiger partial charge on any atom is 0.238 e. The highest BCUT2D eigenvalue weighted by Crippen LogP contribution is 2.16. The van der Waals surface area contributed by atoms with Crippen molar-refractivity contribution in [2.24, 2.45) is 0 Å². The average Bonchev–Trinajstić information content (AvgIpc) is 2.55. The van der Waals surface area contributed by atoms with Crippen molar-refractivity contribution >= 4 is 15.7 Å². The summed E-state index contributed by atoms with van der Waals surface area (Å²) in [5, 5.41) is 1.43. The zero-order valence-corrected chi connectivity index (χ0v) is 13.2. The summed E-state index contributed by atoms with van der Waals surface area (Å²) >= 11 is 0. The van der Waals surface area contributed by atoms with Crippen molar-refractivity contribution in [2.45, 2.75) is 30.2 Å². The van der Waals surface area contributed by atoms with E-state index < -0.39 is 21.0 Å². The molecule has 0 saturated heterocycles. The van der Waals surface area contributed by atoms with Crippen molar-refractivity contribution in [1.82, 2.24) is 10.3 Å². The van der Waals surface area contributed by atoms with E-state index in [4.69, 9.17) is 0 Å². The van der Waals surface area contributed by atoms with Gasteiger partial charge in [-0.2, -0.15) is 0 Å². The standard InChI is InChI=1S/C16H18N2O3S/c1-12(14-8-4-3-5-9-14)18-16(19)13(2)22(20,21)15-10-6-7-11-17-15/h3-13H,1-2H3,(H,18,19)/t12-,13-/m1/s1. The van der Waals surface area contributed by atoms with E-state index in [1.165, 1.54) is 19.2 Å². The molecule has 6 heteroatoms. The van der Waals surface area contributed by atoms with Gasteiger partial charge in [0.2, 0.25) is 15.7 Å². The Hall–Kier alpha value is -2.21. The van der Waals surface area contributed by atoms with Gasteiger partial charge in [-0.15, -0.1) is 0 Å². The van der Waals surface area contributed by atoms with Gasteiger partial charge in [0, 0.05) is 6.20 Å². The molecule has 0 aliphatic rings. The van der Waals surface area contributed by atoms with Gasteiger partial charge >= 0.3 is 0 Å². The highest BCUT2D eigenvalue weighted by Gasteiger charge is 2.31. The van der Waals surface area contributed by atoms with Crippen molar-refractivity contribution in [1.29, 1.82) is 0 Å². The minimum absolute atomic E-state index is 0.0926. The smallest absolute Gasteiger partial charge is 0.238 e. The summed E-state index contributed by atoms with van der Waals surface area (Å²) in [5.41, 5.74) is 0.915. The van der Waals surface area contributed by atoms with E-state index in [9.17, 15) is 13.2 Å². The number of nitrogens with zero attached hydrogens (tertiary/aromatic N) is 1. The normalized spacial score (nSPS) is 14.1. The molecule has 1 amide bonds. The zero-order valence-electron chi connectivity index (χ0n) is 12.4. The molecule has 116 valence electrons. The van der Waals surface area contributed by atoms with Crippen LogP contribution >= 0.6 is 0 Å². The minimum Gasteiger partial charge on any atom is -0.348 e. The van der Waals surface area contributed by atoms with Gasteiger partial charge < -0.3 is 5.32 Å². The number of carbonyl (C=O) groups is 1. The summed E-state index contributed by atoms with van der Waals surface area (Å²) in [7, 11) is -3.79. The Bertz CT molecular complexity index is 731. The van der Waals surface area contributed by atoms with Crippen LogP contribution in [0, 0.1) is 0 Å². The first kappa shape index (κ1) is 16.2. The van der Waals surface area contributed by atoms with Gasteiger partial charge in [-0.25, -0.2) is 13.4 Å². The molecule has 22 heavy (non-hydrogen) atoms. The monoisotopic (exact) mass is 318 g/mol. The summed E-state index contributed by atoms with van der Waals surface area (Å²) in [6.07, 6.45) is 1.39. The summed E-state index contributed by atoms with van der Waals surface area (Å²) in [5.74, 6) is -0.540. The fraction of sp³-hybridized carbons (Fsp3) is 0.250. The molecule has 0 aliphatic carbocycles. The molecule has 0 fully saturated rings. The molecular weight excluding hydrogens is 300 g/mol. The summed E-state index contributed by atoms with van der Waals surface area (Å²) in [4.78, 5) is 16.1. The van der Waals surface area contributed by atoms with Crippen LogP contribution in [0.15, 0.2) is 59.8 Å². The SMILES string of the molecule is C[C@H](C(=O)N[C@H](C)c1ccccc1)S(=O)(=O)c1ccccn1. The quantitative estimate of drug-likeness (QED) is 0.916. The molecule has 0 radical (unpaired) electrons. The Kier molecular flexibility index (Phi) is 4.92. The number of hydrogen-bond acceptors (Lipinski definition) is 4. The van der Waals surface area contributed by atoms with Gasteiger partial charge in [0.1, 0.15) is 5.25 Å². The van der Waals surface area contributed by atoms with Gasteiger partial charge in [-0.3, -0.25) is 4.79 Å². The molecule has 0 aliphatic heterocycles. The van der Waals surface area contributed by atoms with Gasteiger partial charge in [-0.05, 0) is 31.5 Å². The lowest BCUT2D eigenvalue weighted by Gasteiger charge is -2.18. The van der Waals surface area contributed by atoms with Gasteiger partial charge in [0.25, 0.3) is 0 Å². The van der Waals surface area contributed by atoms with E-state index in [2.05, 4.69) is 10.3 Å². The third kappa shape index (κ3) is 3.51. The van der Waals surface area contributed by atoms with Crippen LogP contribution in [0.3, 0.4) is 0 Å². The van der Waals surface area contributed by atoms with Gasteiger partial charge in [0.05, 0.1) is 6.04 Å². The highest BCUT2D eigenvalue weighted by molar-refractivity contribution is 7.92. The van der Waals surface area contributed by atoms with Crippen LogP contribution in [0.2, 0.25) is 0 Å². The Morgan fingerprint density at radius 2 is 1.68 bits per heavy atom. The van der Waals surface area contributed by atoms with Crippen LogP contribution in [0.4, 0.5) is 0 Å². The average molecular weight is 318 g/mol. The van der Waals surface area contributed by atoms with E-state index >= 15 is 0 Å². The van der Waals surface area contributed by atoms with Crippen molar-refractivity contribution in [2.75, 3.05) is 0 Å². The predicted molar refractivity (Wildman–Crippen MR) is 83.9 cm³/mol. The van der Waals surface area contributed by atoms with Crippen LogP contribution in [0.5, 0.6) is 0 Å². The van der Waals surface area contributed by atoms with Crippen molar-refractivity contribution in [3.63, 3.8) is 0 Å². The number of rotatable bonds is 5. The molecular formula is C16H18N2O3S. The molecule has 0 spiro atoms. The Labute approximate surface area is 130 Å². The van der Waals surface area contributed by atoms with E-state index in [0.29, 0.717) is 0 Å². The highest BCUT2D eigenvalue weighted by atomic mass is 32.2. The predicted octanol–water partition coefficient (Wildman–Crippen LogP) is 2.12. The molecule has 1 aromatic heterocycles. The minimum atomic E-state index is -3.79. The number of nitrogens with one attached hydrogen (secondary N) is 1. The maximum atomic E-state index is 12.4. The lowest BCUT2D eigenvalue weighted by molar-refractivity contribution is -0.121. The lowest BCUT2D eigenvalue weighted by atomic mass is 10.1. The molecule has 0 unspecified atom stereocenters. The number of amides is 1. The van der Waals surface area contributed by atoms with Crippen molar-refractivity contribution in [3.05, 3.63) is 60.3 Å². The van der Waals surface area contributed by atoms with Crippen LogP contribution in [0.25, 0.3) is 0 Å². The summed E-state index contributed by atoms with van der Waals surface area (Å²) < 4.78 is 24.7. The van der Waals surface area contributed by atoms with Crippen LogP contribution in [-0.2, 0) is 14.6 Å². The molecule has 0 saturated carbocycles. The summed E-state index contributed by atoms with van der Waals surface area (Å²) in [6, 6.07) is 13.7. The zero-order chi connectivity index (χ0) is 16.2. The van der Waals surface area contributed by atoms with Crippen LogP contribution < -0.4 is 5.32 Å². The Morgan fingerprint density at radius 1 is 1.05 bits per heavy atom. The fourth-order valence-electron chi connectivity index (χ4n) is 1.99. The third-order valence-corrected chi connectivity index (χ3v) is 5.39. The second-order valence-electron chi connectivity index (χ2n) is 5.00. The molecule has 2 aromatic rings. The van der Waals surface area contributed by atoms with Crippen LogP contribution in [0.1, 0.15) is 25.5 Å². The fourth-order valence-corrected chi connectivity index (χ4v) is 3.18. The molecule has 2 rings (SSSR count). The number of carbonyl (C=O) groups excluding carboxylic acids is 1. The van der Waals surface area contributed by atoms with Crippen molar-refractivity contribution in [3.8, 4) is 0 Å². The van der Waals surface area contributed by atoms with E-state index in [-0.39, 0.29) is 11.1 Å². The first-order chi connectivity index (χ1) is 10.4. The lowest BCUT2D eigenvalue weighted by Crippen LogP contribution is -2.39. The van der Waals surface area contributed by atoms with Crippen molar-refractivity contribution < 1.29 is 13.2 Å². The number of hydrogen-bond donors (Lipinski definition) is 1. The number of benzene rings is 1. The van der Waals surface area contributed by atoms with Gasteiger partial charge in [-0.1, -0.05) is 36.4 Å².